The summed E-state index contributed by atoms with van der Waals surface area (Å²) in [6, 6.07) is 50.2. The van der Waals surface area contributed by atoms with Gasteiger partial charge in [-0.15, -0.1) is 0 Å². The molecule has 204 valence electrons. The Morgan fingerprint density at radius 3 is 1.91 bits per heavy atom. The number of aromatic nitrogens is 3. The van der Waals surface area contributed by atoms with Gasteiger partial charge in [0.1, 0.15) is 5.82 Å². The van der Waals surface area contributed by atoms with Crippen LogP contribution in [0.2, 0.25) is 0 Å². The Morgan fingerprint density at radius 2 is 1.19 bits per heavy atom. The second-order valence-corrected chi connectivity index (χ2v) is 11.2. The first-order chi connectivity index (χ1) is 21.3. The summed E-state index contributed by atoms with van der Waals surface area (Å²) < 4.78 is 4.72. The van der Waals surface area contributed by atoms with Gasteiger partial charge in [-0.05, 0) is 71.8 Å². The minimum Gasteiger partial charge on any atom is -0.309 e. The molecular weight excluding hydrogens is 524 g/mol. The van der Waals surface area contributed by atoms with Crippen LogP contribution in [0.3, 0.4) is 0 Å². The molecule has 0 atom stereocenters. The van der Waals surface area contributed by atoms with Crippen LogP contribution in [-0.2, 0) is 6.42 Å². The van der Waals surface area contributed by atoms with Crippen LogP contribution in [0.4, 0.5) is 17.1 Å². The van der Waals surface area contributed by atoms with Crippen molar-refractivity contribution in [1.82, 2.24) is 14.1 Å². The number of fused-ring (bicyclic) bond motifs is 5. The van der Waals surface area contributed by atoms with Crippen LogP contribution in [0, 0.1) is 0 Å². The highest BCUT2D eigenvalue weighted by Gasteiger charge is 2.28. The molecule has 0 saturated carbocycles. The fourth-order valence-electron chi connectivity index (χ4n) is 6.89. The zero-order valence-electron chi connectivity index (χ0n) is 23.8. The number of rotatable bonds is 4. The molecular formula is C39H28N4. The van der Waals surface area contributed by atoms with E-state index in [1.807, 2.05) is 0 Å². The summed E-state index contributed by atoms with van der Waals surface area (Å²) in [6.07, 6.45) is 0.866. The Kier molecular flexibility index (Phi) is 5.14. The van der Waals surface area contributed by atoms with E-state index in [1.54, 1.807) is 0 Å². The Bertz CT molecular complexity index is 2270. The third-order valence-electron chi connectivity index (χ3n) is 8.79. The standard InChI is InChI=1S/C39H28N4/c1-2-38-40-32-15-10-18-36-39(32)43(38)35-24-21-27(25-37(35)42(36)28-11-4-3-5-12-28)26-19-22-29(23-20-26)41-33-16-8-6-13-30(33)31-14-7-9-17-34(31)41/h3-25H,2H2,1H3. The fourth-order valence-corrected chi connectivity index (χ4v) is 6.89. The second kappa shape index (κ2) is 9.20. The summed E-state index contributed by atoms with van der Waals surface area (Å²) in [7, 11) is 0. The number of benzene rings is 6. The van der Waals surface area contributed by atoms with Crippen LogP contribution < -0.4 is 4.90 Å². The van der Waals surface area contributed by atoms with Crippen molar-refractivity contribution in [3.05, 3.63) is 145 Å². The van der Waals surface area contributed by atoms with Gasteiger partial charge in [-0.1, -0.05) is 85.8 Å². The molecule has 0 saturated heterocycles. The molecule has 0 radical (unpaired) electrons. The molecule has 1 aliphatic rings. The summed E-state index contributed by atoms with van der Waals surface area (Å²) in [5, 5.41) is 2.55. The van der Waals surface area contributed by atoms with Crippen molar-refractivity contribution in [3.63, 3.8) is 0 Å². The SMILES string of the molecule is CCc1nc2cccc3c2n1-c1ccc(-c2ccc(-n4c5ccccc5c5ccccc54)cc2)cc1N3c1ccccc1. The van der Waals surface area contributed by atoms with Gasteiger partial charge in [-0.25, -0.2) is 4.98 Å². The van der Waals surface area contributed by atoms with E-state index in [0.29, 0.717) is 0 Å². The number of anilines is 3. The molecule has 0 N–H and O–H groups in total. The molecule has 0 unspecified atom stereocenters. The van der Waals surface area contributed by atoms with Crippen molar-refractivity contribution in [2.45, 2.75) is 13.3 Å². The summed E-state index contributed by atoms with van der Waals surface area (Å²) in [5.74, 6) is 1.08. The van der Waals surface area contributed by atoms with Gasteiger partial charge in [0.15, 0.2) is 0 Å². The molecule has 0 amide bonds. The molecule has 0 aliphatic carbocycles. The highest BCUT2D eigenvalue weighted by atomic mass is 15.2. The van der Waals surface area contributed by atoms with Gasteiger partial charge in [0.05, 0.1) is 39.1 Å². The summed E-state index contributed by atoms with van der Waals surface area (Å²) >= 11 is 0. The highest BCUT2D eigenvalue weighted by Crippen LogP contribution is 2.48. The molecule has 0 fully saturated rings. The Labute approximate surface area is 249 Å². The maximum absolute atomic E-state index is 5.02. The summed E-state index contributed by atoms with van der Waals surface area (Å²) in [5.41, 5.74) is 12.8. The first kappa shape index (κ1) is 24.0. The van der Waals surface area contributed by atoms with Crippen LogP contribution >= 0.6 is 0 Å². The molecule has 0 spiro atoms. The average molecular weight is 553 g/mol. The molecule has 6 aromatic carbocycles. The molecule has 1 aliphatic heterocycles. The van der Waals surface area contributed by atoms with Crippen molar-refractivity contribution in [3.8, 4) is 22.5 Å². The molecule has 43 heavy (non-hydrogen) atoms. The minimum absolute atomic E-state index is 0.866. The van der Waals surface area contributed by atoms with Crippen LogP contribution in [0.15, 0.2) is 140 Å². The molecule has 3 heterocycles. The number of hydrogen-bond acceptors (Lipinski definition) is 2. The number of nitrogens with zero attached hydrogens (tertiary/aromatic N) is 4. The molecule has 0 bridgehead atoms. The normalized spacial score (nSPS) is 12.3. The quantitative estimate of drug-likeness (QED) is 0.217. The zero-order chi connectivity index (χ0) is 28.5. The first-order valence-electron chi connectivity index (χ1n) is 14.9. The number of aryl methyl sites for hydroxylation is 1. The van der Waals surface area contributed by atoms with Crippen molar-refractivity contribution in [2.75, 3.05) is 4.90 Å². The van der Waals surface area contributed by atoms with Crippen molar-refractivity contribution < 1.29 is 0 Å². The van der Waals surface area contributed by atoms with Crippen molar-refractivity contribution in [1.29, 1.82) is 0 Å². The number of para-hydroxylation sites is 4. The lowest BCUT2D eigenvalue weighted by atomic mass is 10.0. The van der Waals surface area contributed by atoms with Gasteiger partial charge in [0.2, 0.25) is 0 Å². The lowest BCUT2D eigenvalue weighted by Gasteiger charge is -2.33. The van der Waals surface area contributed by atoms with Crippen molar-refractivity contribution in [2.24, 2.45) is 0 Å². The molecule has 4 heteroatoms. The fraction of sp³-hybridized carbons (Fsp3) is 0.0513. The van der Waals surface area contributed by atoms with Crippen LogP contribution in [-0.4, -0.2) is 14.1 Å². The van der Waals surface area contributed by atoms with Crippen LogP contribution in [0.5, 0.6) is 0 Å². The molecule has 8 aromatic rings. The van der Waals surface area contributed by atoms with E-state index in [2.05, 4.69) is 160 Å². The smallest absolute Gasteiger partial charge is 0.114 e. The van der Waals surface area contributed by atoms with E-state index < -0.39 is 0 Å². The maximum atomic E-state index is 5.02. The van der Waals surface area contributed by atoms with E-state index in [1.165, 1.54) is 38.4 Å². The maximum Gasteiger partial charge on any atom is 0.114 e. The van der Waals surface area contributed by atoms with E-state index in [0.717, 1.165) is 46.2 Å². The van der Waals surface area contributed by atoms with E-state index in [9.17, 15) is 0 Å². The van der Waals surface area contributed by atoms with E-state index >= 15 is 0 Å². The molecule has 9 rings (SSSR count). The predicted molar refractivity (Wildman–Crippen MR) is 178 cm³/mol. The largest absolute Gasteiger partial charge is 0.309 e. The predicted octanol–water partition coefficient (Wildman–Crippen LogP) is 10.1. The van der Waals surface area contributed by atoms with Gasteiger partial charge in [-0.2, -0.15) is 0 Å². The van der Waals surface area contributed by atoms with Gasteiger partial charge >= 0.3 is 0 Å². The van der Waals surface area contributed by atoms with Gasteiger partial charge in [0, 0.05) is 28.6 Å². The molecule has 4 nitrogen and oxygen atoms in total. The third-order valence-corrected chi connectivity index (χ3v) is 8.79. The average Bonchev–Trinajstić information content (AvgIpc) is 3.62. The Hall–Kier alpha value is -5.61. The minimum atomic E-state index is 0.866. The lowest BCUT2D eigenvalue weighted by molar-refractivity contribution is 0.900. The first-order valence-corrected chi connectivity index (χ1v) is 14.9. The van der Waals surface area contributed by atoms with Crippen molar-refractivity contribution >= 4 is 49.9 Å². The summed E-state index contributed by atoms with van der Waals surface area (Å²) in [4.78, 5) is 7.41. The monoisotopic (exact) mass is 552 g/mol. The summed E-state index contributed by atoms with van der Waals surface area (Å²) in [6.45, 7) is 2.18. The highest BCUT2D eigenvalue weighted by molar-refractivity contribution is 6.09. The van der Waals surface area contributed by atoms with Crippen LogP contribution in [0.1, 0.15) is 12.7 Å². The van der Waals surface area contributed by atoms with Gasteiger partial charge < -0.3 is 9.47 Å². The Balaban J connectivity index is 1.21. The van der Waals surface area contributed by atoms with Gasteiger partial charge in [-0.3, -0.25) is 4.57 Å². The Morgan fingerprint density at radius 1 is 0.512 bits per heavy atom. The van der Waals surface area contributed by atoms with E-state index in [4.69, 9.17) is 4.98 Å². The van der Waals surface area contributed by atoms with Crippen LogP contribution in [0.25, 0.3) is 55.3 Å². The van der Waals surface area contributed by atoms with Gasteiger partial charge in [0.25, 0.3) is 0 Å². The van der Waals surface area contributed by atoms with E-state index in [-0.39, 0.29) is 0 Å². The lowest BCUT2D eigenvalue weighted by Crippen LogP contribution is -2.19. The topological polar surface area (TPSA) is 26.0 Å². The number of imidazole rings is 1. The number of hydrogen-bond donors (Lipinski definition) is 0. The third kappa shape index (κ3) is 3.47. The second-order valence-electron chi connectivity index (χ2n) is 11.2. The zero-order valence-corrected chi connectivity index (χ0v) is 23.8. The molecule has 2 aromatic heterocycles.